The number of aryl methyl sites for hydroxylation is 1. The number of amides is 1. The summed E-state index contributed by atoms with van der Waals surface area (Å²) in [6, 6.07) is 0. The maximum absolute atomic E-state index is 11.2. The quantitative estimate of drug-likeness (QED) is 0.748. The molecular formula is C9H10N5OY+2. The number of imidazole rings is 1. The van der Waals surface area contributed by atoms with Crippen molar-refractivity contribution in [1.29, 1.82) is 0 Å². The van der Waals surface area contributed by atoms with Crippen LogP contribution in [0.25, 0.3) is 11.2 Å². The molecule has 1 amide bonds. The first kappa shape index (κ1) is 13.2. The summed E-state index contributed by atoms with van der Waals surface area (Å²) in [6.45, 7) is 1.75. The predicted octanol–water partition coefficient (Wildman–Crippen LogP) is -0.0686. The summed E-state index contributed by atoms with van der Waals surface area (Å²) in [5.74, 6) is -0.214. The summed E-state index contributed by atoms with van der Waals surface area (Å²) < 4.78 is 1.78. The summed E-state index contributed by atoms with van der Waals surface area (Å²) >= 11 is 0. The van der Waals surface area contributed by atoms with Crippen molar-refractivity contribution in [2.45, 2.75) is 13.3 Å². The van der Waals surface area contributed by atoms with Gasteiger partial charge in [-0.1, -0.05) is 6.92 Å². The van der Waals surface area contributed by atoms with E-state index in [0.717, 1.165) is 5.65 Å². The van der Waals surface area contributed by atoms with Crippen LogP contribution in [0.4, 0.5) is 0 Å². The van der Waals surface area contributed by atoms with Crippen molar-refractivity contribution < 1.29 is 37.5 Å². The van der Waals surface area contributed by atoms with E-state index in [4.69, 9.17) is 0 Å². The molecule has 7 heteroatoms. The first-order chi connectivity index (χ1) is 7.22. The molecule has 0 aromatic carbocycles. The topological polar surface area (TPSA) is 75.9 Å². The minimum atomic E-state index is -0.214. The van der Waals surface area contributed by atoms with E-state index in [1.54, 1.807) is 17.8 Å². The molecule has 0 atom stereocenters. The van der Waals surface area contributed by atoms with E-state index in [1.807, 2.05) is 7.05 Å². The molecule has 2 heterocycles. The van der Waals surface area contributed by atoms with Crippen molar-refractivity contribution in [3.63, 3.8) is 0 Å². The Morgan fingerprint density at radius 2 is 2.44 bits per heavy atom. The molecule has 0 fully saturated rings. The largest absolute Gasteiger partial charge is 3.00 e. The number of hydrogen-bond acceptors (Lipinski definition) is 3. The minimum Gasteiger partial charge on any atom is -0.438 e. The average Bonchev–Trinajstić information content (AvgIpc) is 2.62. The summed E-state index contributed by atoms with van der Waals surface area (Å²) in [5, 5.41) is 0. The average molecular weight is 293 g/mol. The van der Waals surface area contributed by atoms with Gasteiger partial charge in [0.05, 0.1) is 11.8 Å². The molecule has 16 heavy (non-hydrogen) atoms. The van der Waals surface area contributed by atoms with Crippen molar-refractivity contribution in [3.8, 4) is 0 Å². The third-order valence-electron chi connectivity index (χ3n) is 2.02. The Hall–Kier alpha value is -0.876. The molecule has 0 aliphatic heterocycles. The van der Waals surface area contributed by atoms with Gasteiger partial charge >= 0.3 is 32.7 Å². The molecule has 0 aliphatic rings. The number of carbonyl (C=O) groups excluding carboxylic acids is 1. The summed E-state index contributed by atoms with van der Waals surface area (Å²) in [7, 11) is 1.84. The van der Waals surface area contributed by atoms with Gasteiger partial charge in [-0.3, -0.25) is 14.8 Å². The van der Waals surface area contributed by atoms with E-state index in [1.165, 1.54) is 0 Å². The van der Waals surface area contributed by atoms with Crippen LogP contribution in [-0.4, -0.2) is 25.4 Å². The standard InChI is InChI=1S/C9H10N5O.Y/c1-3-6(15)13-8-7-9(11-4-10-8)14(2)5-12-7;/h5H,3H2,1-2H3,(H,10,11,13,15);/q-1;+3. The predicted molar refractivity (Wildman–Crippen MR) is 52.6 cm³/mol. The van der Waals surface area contributed by atoms with Gasteiger partial charge in [-0.2, -0.15) is 0 Å². The number of H-pyrrole nitrogens is 1. The molecule has 6 nitrogen and oxygen atoms in total. The zero-order chi connectivity index (χ0) is 10.8. The number of nitrogens with one attached hydrogen (secondary N) is 1. The first-order valence-corrected chi connectivity index (χ1v) is 4.57. The van der Waals surface area contributed by atoms with Gasteiger partial charge in [0, 0.05) is 31.0 Å². The number of aromatic amines is 1. The van der Waals surface area contributed by atoms with Crippen LogP contribution in [0.5, 0.6) is 0 Å². The molecule has 0 aliphatic carbocycles. The zero-order valence-electron chi connectivity index (χ0n) is 9.06. The molecule has 0 unspecified atom stereocenters. The van der Waals surface area contributed by atoms with Gasteiger partial charge < -0.3 is 14.5 Å². The fourth-order valence-electron chi connectivity index (χ4n) is 1.20. The Morgan fingerprint density at radius 3 is 3.12 bits per heavy atom. The molecule has 0 spiro atoms. The number of carbonyl (C=O) groups is 1. The van der Waals surface area contributed by atoms with Crippen LogP contribution in [0.1, 0.15) is 13.3 Å². The Morgan fingerprint density at radius 1 is 1.69 bits per heavy atom. The maximum atomic E-state index is 11.2. The van der Waals surface area contributed by atoms with E-state index >= 15 is 0 Å². The summed E-state index contributed by atoms with van der Waals surface area (Å²) in [6.07, 6.45) is 4.57. The van der Waals surface area contributed by atoms with Crippen molar-refractivity contribution in [3.05, 3.63) is 18.1 Å². The van der Waals surface area contributed by atoms with Crippen molar-refractivity contribution >= 4 is 17.1 Å². The summed E-state index contributed by atoms with van der Waals surface area (Å²) in [5.41, 5.74) is 1.64. The number of nitrogens with zero attached hydrogens (tertiary/aromatic N) is 4. The van der Waals surface area contributed by atoms with E-state index < -0.39 is 0 Å². The van der Waals surface area contributed by atoms with Crippen LogP contribution in [-0.2, 0) is 44.6 Å². The van der Waals surface area contributed by atoms with Crippen LogP contribution >= 0.6 is 0 Å². The van der Waals surface area contributed by atoms with Crippen molar-refractivity contribution in [2.24, 2.45) is 12.0 Å². The van der Waals surface area contributed by atoms with E-state index in [0.29, 0.717) is 17.4 Å². The number of aromatic nitrogens is 4. The first-order valence-electron chi connectivity index (χ1n) is 4.57. The fraction of sp³-hybridized carbons (Fsp3) is 0.333. The molecular weight excluding hydrogens is 283 g/mol. The normalized spacial score (nSPS) is 11.5. The SMILES string of the molecule is CCC(=O)N=c1n[c-][nH]c2c1ncn2C.[Y+3]. The third-order valence-corrected chi connectivity index (χ3v) is 2.02. The molecule has 1 N–H and O–H groups in total. The van der Waals surface area contributed by atoms with Crippen LogP contribution in [0.15, 0.2) is 11.3 Å². The third kappa shape index (κ3) is 2.44. The Labute approximate surface area is 117 Å². The van der Waals surface area contributed by atoms with E-state index in [-0.39, 0.29) is 38.6 Å². The Balaban J connectivity index is 0.00000128. The molecule has 0 radical (unpaired) electrons. The van der Waals surface area contributed by atoms with Gasteiger partial charge in [-0.25, -0.2) is 0 Å². The second-order valence-corrected chi connectivity index (χ2v) is 3.08. The molecule has 0 bridgehead atoms. The van der Waals surface area contributed by atoms with Crippen molar-refractivity contribution in [1.82, 2.24) is 19.5 Å². The van der Waals surface area contributed by atoms with Crippen LogP contribution in [0.3, 0.4) is 0 Å². The number of hydrogen-bond donors (Lipinski definition) is 1. The monoisotopic (exact) mass is 293 g/mol. The van der Waals surface area contributed by atoms with Gasteiger partial charge in [0.25, 0.3) is 0 Å². The van der Waals surface area contributed by atoms with Gasteiger partial charge in [-0.05, 0) is 0 Å². The van der Waals surface area contributed by atoms with Gasteiger partial charge in [-0.15, -0.1) is 0 Å². The van der Waals surface area contributed by atoms with Gasteiger partial charge in [0.1, 0.15) is 0 Å². The Bertz CT molecular complexity index is 571. The maximum Gasteiger partial charge on any atom is 3.00 e. The molecule has 2 rings (SSSR count). The number of fused-ring (bicyclic) bond motifs is 1. The Kier molecular flexibility index (Phi) is 4.49. The van der Waals surface area contributed by atoms with Gasteiger partial charge in [0.2, 0.25) is 5.91 Å². The van der Waals surface area contributed by atoms with Gasteiger partial charge in [0.15, 0.2) is 0 Å². The van der Waals surface area contributed by atoms with Crippen LogP contribution < -0.4 is 5.49 Å². The molecule has 2 aromatic heterocycles. The minimum absolute atomic E-state index is 0. The molecule has 78 valence electrons. The molecule has 0 saturated carbocycles. The smallest absolute Gasteiger partial charge is 0.438 e. The van der Waals surface area contributed by atoms with Crippen LogP contribution in [0, 0.1) is 6.33 Å². The molecule has 2 aromatic rings. The van der Waals surface area contributed by atoms with E-state index in [2.05, 4.69) is 26.3 Å². The van der Waals surface area contributed by atoms with Crippen molar-refractivity contribution in [2.75, 3.05) is 0 Å². The van der Waals surface area contributed by atoms with Crippen LogP contribution in [0.2, 0.25) is 0 Å². The second kappa shape index (κ2) is 5.45. The fourth-order valence-corrected chi connectivity index (χ4v) is 1.20. The summed E-state index contributed by atoms with van der Waals surface area (Å²) in [4.78, 5) is 25.8. The van der Waals surface area contributed by atoms with E-state index in [9.17, 15) is 4.79 Å². The second-order valence-electron chi connectivity index (χ2n) is 3.08. The number of rotatable bonds is 1. The molecule has 0 saturated heterocycles. The zero-order valence-corrected chi connectivity index (χ0v) is 11.9.